The van der Waals surface area contributed by atoms with Gasteiger partial charge in [-0.15, -0.1) is 0 Å². The summed E-state index contributed by atoms with van der Waals surface area (Å²) in [6.07, 6.45) is 47.5. The summed E-state index contributed by atoms with van der Waals surface area (Å²) in [6.45, 7) is 4.71. The van der Waals surface area contributed by atoms with Gasteiger partial charge in [-0.2, -0.15) is 0 Å². The van der Waals surface area contributed by atoms with Crippen LogP contribution in [0, 0.1) is 0 Å². The van der Waals surface area contributed by atoms with Gasteiger partial charge in [0.1, 0.15) is 6.61 Å². The highest BCUT2D eigenvalue weighted by atomic mass is 16.6. The first-order valence-electron chi connectivity index (χ1n) is 24.0. The predicted octanol–water partition coefficient (Wildman–Crippen LogP) is 13.4. The van der Waals surface area contributed by atoms with Crippen LogP contribution in [-0.2, 0) is 28.6 Å². The third-order valence-electron chi connectivity index (χ3n) is 10.8. The van der Waals surface area contributed by atoms with Gasteiger partial charge in [-0.3, -0.25) is 9.59 Å². The topological polar surface area (TPSA) is 99.1 Å². The zero-order chi connectivity index (χ0) is 42.8. The number of rotatable bonds is 43. The number of ether oxygens (including phenoxy) is 3. The number of likely N-dealkylation sites (N-methyl/N-ethyl adjacent to an activating group) is 1. The van der Waals surface area contributed by atoms with E-state index in [9.17, 15) is 19.5 Å². The summed E-state index contributed by atoms with van der Waals surface area (Å²) in [4.78, 5) is 37.1. The van der Waals surface area contributed by atoms with E-state index in [4.69, 9.17) is 14.2 Å². The minimum atomic E-state index is -0.877. The van der Waals surface area contributed by atoms with E-state index in [1.54, 1.807) is 0 Å². The smallest absolute Gasteiger partial charge is 0.362 e. The normalized spacial score (nSPS) is 13.2. The maximum absolute atomic E-state index is 12.7. The first kappa shape index (κ1) is 55.5. The molecule has 2 atom stereocenters. The van der Waals surface area contributed by atoms with Crippen molar-refractivity contribution in [1.29, 1.82) is 0 Å². The lowest BCUT2D eigenvalue weighted by Gasteiger charge is -2.31. The van der Waals surface area contributed by atoms with Crippen LogP contribution in [0.2, 0.25) is 0 Å². The van der Waals surface area contributed by atoms with E-state index in [2.05, 4.69) is 50.3 Å². The van der Waals surface area contributed by atoms with Gasteiger partial charge in [-0.05, 0) is 70.6 Å². The summed E-state index contributed by atoms with van der Waals surface area (Å²) in [5.41, 5.74) is 0. The molecule has 8 nitrogen and oxygen atoms in total. The molecular weight excluding hydrogens is 727 g/mol. The Kier molecular flexibility index (Phi) is 39.5. The van der Waals surface area contributed by atoms with Crippen LogP contribution >= 0.6 is 0 Å². The van der Waals surface area contributed by atoms with Gasteiger partial charge >= 0.3 is 17.9 Å². The Hall–Kier alpha value is -2.45. The van der Waals surface area contributed by atoms with E-state index < -0.39 is 18.1 Å². The van der Waals surface area contributed by atoms with Crippen molar-refractivity contribution < 1.29 is 38.2 Å². The molecule has 0 saturated carbocycles. The van der Waals surface area contributed by atoms with E-state index in [0.717, 1.165) is 64.2 Å². The molecule has 0 aliphatic carbocycles. The number of aliphatic carboxylic acids is 1. The molecule has 0 aliphatic heterocycles. The van der Waals surface area contributed by atoms with Crippen LogP contribution in [0.5, 0.6) is 0 Å². The molecule has 0 bridgehead atoms. The number of unbranched alkanes of at least 4 members (excludes halogenated alkanes) is 23. The number of carbonyl (C=O) groups excluding carboxylic acids is 2. The third kappa shape index (κ3) is 39.0. The van der Waals surface area contributed by atoms with Crippen molar-refractivity contribution in [2.45, 2.75) is 225 Å². The zero-order valence-corrected chi connectivity index (χ0v) is 38.5. The second-order valence-corrected chi connectivity index (χ2v) is 17.4. The average Bonchev–Trinajstić information content (AvgIpc) is 3.18. The van der Waals surface area contributed by atoms with E-state index >= 15 is 0 Å². The Morgan fingerprint density at radius 3 is 1.36 bits per heavy atom. The second-order valence-electron chi connectivity index (χ2n) is 17.4. The van der Waals surface area contributed by atoms with Crippen molar-refractivity contribution in [1.82, 2.24) is 0 Å². The fourth-order valence-corrected chi connectivity index (χ4v) is 7.00. The van der Waals surface area contributed by atoms with Crippen LogP contribution in [0.3, 0.4) is 0 Å². The fraction of sp³-hybridized carbons (Fsp3) is 0.820. The molecule has 58 heavy (non-hydrogen) atoms. The lowest BCUT2D eigenvalue weighted by atomic mass is 10.1. The molecule has 0 aliphatic rings. The van der Waals surface area contributed by atoms with Crippen LogP contribution in [0.15, 0.2) is 36.5 Å². The first-order chi connectivity index (χ1) is 28.1. The average molecular weight is 819 g/mol. The van der Waals surface area contributed by atoms with E-state index in [0.29, 0.717) is 19.3 Å². The molecule has 0 amide bonds. The van der Waals surface area contributed by atoms with Crippen molar-refractivity contribution in [3.8, 4) is 0 Å². The van der Waals surface area contributed by atoms with E-state index in [-0.39, 0.29) is 36.2 Å². The molecule has 0 aromatic carbocycles. The SMILES string of the molecule is CCCCCC/C=C\C/C=C\CCCCCCCC(=O)OC(COCCC(C(=O)O)[N+](C)(C)C)COC(=O)CCCCCCCCC/C=C\CCCCCCCCC. The third-order valence-corrected chi connectivity index (χ3v) is 10.8. The van der Waals surface area contributed by atoms with Crippen molar-refractivity contribution in [2.75, 3.05) is 41.0 Å². The molecule has 0 aromatic rings. The van der Waals surface area contributed by atoms with E-state index in [1.807, 2.05) is 21.1 Å². The quantitative estimate of drug-likeness (QED) is 0.0283. The Bertz CT molecular complexity index is 1050. The number of carboxylic acids is 1. The second kappa shape index (κ2) is 41.3. The summed E-state index contributed by atoms with van der Waals surface area (Å²) >= 11 is 0. The molecule has 2 unspecified atom stereocenters. The standard InChI is InChI=1S/C50H91NO7/c1-6-8-10-12-14-16-18-20-22-24-25-27-28-30-32-34-36-38-40-48(52)57-45-46(44-56-43-42-47(50(54)55)51(3,4)5)58-49(53)41-39-37-35-33-31-29-26-23-21-19-17-15-13-11-9-7-2/h17,19,22-24,26,46-47H,6-16,18,20-21,25,27-45H2,1-5H3/p+1/b19-17-,24-22-,26-23-. The molecule has 0 fully saturated rings. The lowest BCUT2D eigenvalue weighted by molar-refractivity contribution is -0.887. The highest BCUT2D eigenvalue weighted by Crippen LogP contribution is 2.14. The number of esters is 2. The van der Waals surface area contributed by atoms with Gasteiger partial charge < -0.3 is 23.8 Å². The van der Waals surface area contributed by atoms with Crippen LogP contribution in [-0.4, -0.2) is 80.6 Å². The minimum absolute atomic E-state index is 0.0553. The largest absolute Gasteiger partial charge is 0.477 e. The van der Waals surface area contributed by atoms with Crippen molar-refractivity contribution in [3.05, 3.63) is 36.5 Å². The summed E-state index contributed by atoms with van der Waals surface area (Å²) in [5.74, 6) is -1.48. The van der Waals surface area contributed by atoms with Gasteiger partial charge in [0, 0.05) is 19.3 Å². The Morgan fingerprint density at radius 1 is 0.517 bits per heavy atom. The molecule has 1 N–H and O–H groups in total. The van der Waals surface area contributed by atoms with E-state index in [1.165, 1.54) is 116 Å². The number of hydrogen-bond acceptors (Lipinski definition) is 6. The minimum Gasteiger partial charge on any atom is -0.477 e. The van der Waals surface area contributed by atoms with Gasteiger partial charge in [-0.25, -0.2) is 4.79 Å². The van der Waals surface area contributed by atoms with Gasteiger partial charge in [0.15, 0.2) is 12.1 Å². The predicted molar refractivity (Wildman–Crippen MR) is 243 cm³/mol. The first-order valence-corrected chi connectivity index (χ1v) is 24.0. The monoisotopic (exact) mass is 819 g/mol. The Balaban J connectivity index is 4.31. The number of carboxylic acid groups (broad SMARTS) is 1. The van der Waals surface area contributed by atoms with Crippen LogP contribution in [0.4, 0.5) is 0 Å². The molecule has 0 saturated heterocycles. The zero-order valence-electron chi connectivity index (χ0n) is 38.5. The van der Waals surface area contributed by atoms with Crippen molar-refractivity contribution in [3.63, 3.8) is 0 Å². The molecule has 0 spiro atoms. The molecule has 0 aromatic heterocycles. The summed E-state index contributed by atoms with van der Waals surface area (Å²) in [7, 11) is 5.53. The Labute approximate surface area is 357 Å². The van der Waals surface area contributed by atoms with Crippen LogP contribution in [0.25, 0.3) is 0 Å². The number of allylic oxidation sites excluding steroid dienone is 6. The fourth-order valence-electron chi connectivity index (χ4n) is 7.00. The molecular formula is C50H92NO7+. The highest BCUT2D eigenvalue weighted by molar-refractivity contribution is 5.72. The molecule has 8 heteroatoms. The lowest BCUT2D eigenvalue weighted by Crippen LogP contribution is -2.50. The molecule has 0 rings (SSSR count). The molecule has 0 radical (unpaired) electrons. The Morgan fingerprint density at radius 2 is 0.914 bits per heavy atom. The maximum atomic E-state index is 12.7. The molecule has 0 heterocycles. The van der Waals surface area contributed by atoms with Crippen LogP contribution < -0.4 is 0 Å². The highest BCUT2D eigenvalue weighted by Gasteiger charge is 2.31. The number of nitrogens with zero attached hydrogens (tertiary/aromatic N) is 1. The van der Waals surface area contributed by atoms with Crippen molar-refractivity contribution >= 4 is 17.9 Å². The van der Waals surface area contributed by atoms with Crippen LogP contribution in [0.1, 0.15) is 213 Å². The number of carbonyl (C=O) groups is 3. The van der Waals surface area contributed by atoms with Gasteiger partial charge in [0.05, 0.1) is 34.4 Å². The maximum Gasteiger partial charge on any atom is 0.362 e. The summed E-state index contributed by atoms with van der Waals surface area (Å²) in [6, 6.07) is -0.617. The van der Waals surface area contributed by atoms with Gasteiger partial charge in [0.2, 0.25) is 0 Å². The van der Waals surface area contributed by atoms with Gasteiger partial charge in [-0.1, -0.05) is 159 Å². The van der Waals surface area contributed by atoms with Gasteiger partial charge in [0.25, 0.3) is 0 Å². The number of quaternary nitrogens is 1. The van der Waals surface area contributed by atoms with Crippen molar-refractivity contribution in [2.24, 2.45) is 0 Å². The summed E-state index contributed by atoms with van der Waals surface area (Å²) in [5, 5.41) is 9.63. The summed E-state index contributed by atoms with van der Waals surface area (Å²) < 4.78 is 17.3. The molecule has 338 valence electrons. The number of hydrogen-bond donors (Lipinski definition) is 1.